The summed E-state index contributed by atoms with van der Waals surface area (Å²) in [5.74, 6) is 0.434. The fourth-order valence-corrected chi connectivity index (χ4v) is 4.62. The van der Waals surface area contributed by atoms with Gasteiger partial charge in [0.2, 0.25) is 17.7 Å². The highest BCUT2D eigenvalue weighted by molar-refractivity contribution is 5.85. The van der Waals surface area contributed by atoms with Gasteiger partial charge in [-0.15, -0.1) is 0 Å². The van der Waals surface area contributed by atoms with Crippen LogP contribution in [0.1, 0.15) is 45.6 Å². The molecule has 7 nitrogen and oxygen atoms in total. The van der Waals surface area contributed by atoms with Crippen molar-refractivity contribution in [2.75, 3.05) is 32.7 Å². The van der Waals surface area contributed by atoms with E-state index in [1.165, 1.54) is 18.4 Å². The lowest BCUT2D eigenvalue weighted by Gasteiger charge is -2.45. The highest BCUT2D eigenvalue weighted by Gasteiger charge is 2.40. The van der Waals surface area contributed by atoms with Gasteiger partial charge in [-0.2, -0.15) is 0 Å². The van der Waals surface area contributed by atoms with Crippen LogP contribution in [0, 0.1) is 11.8 Å². The molecule has 7 heteroatoms. The summed E-state index contributed by atoms with van der Waals surface area (Å²) in [5, 5.41) is 0. The van der Waals surface area contributed by atoms with E-state index in [2.05, 4.69) is 17.0 Å². The molecule has 2 aliphatic rings. The van der Waals surface area contributed by atoms with Crippen LogP contribution in [-0.2, 0) is 20.8 Å². The van der Waals surface area contributed by atoms with Crippen molar-refractivity contribution < 1.29 is 14.4 Å². The second kappa shape index (κ2) is 10.9. The third-order valence-electron chi connectivity index (χ3n) is 6.44. The molecule has 2 unspecified atom stereocenters. The maximum absolute atomic E-state index is 13.2. The molecule has 2 N–H and O–H groups in total. The molecule has 1 heterocycles. The summed E-state index contributed by atoms with van der Waals surface area (Å²) in [6.07, 6.45) is 3.47. The number of nitrogens with zero attached hydrogens (tertiary/aromatic N) is 3. The number of nitrogens with two attached hydrogens (primary N) is 1. The number of piperazine rings is 1. The van der Waals surface area contributed by atoms with Crippen LogP contribution in [0.25, 0.3) is 0 Å². The molecule has 2 fully saturated rings. The molecule has 3 rings (SSSR count). The number of hydrogen-bond acceptors (Lipinski definition) is 4. The minimum absolute atomic E-state index is 0.0615. The SMILES string of the molecule is CC(C)CN(CC(N)=O)C(=O)CC1CN(CC2CC2)C(=O)C(C)N1CCc1ccccc1. The van der Waals surface area contributed by atoms with Crippen molar-refractivity contribution in [2.24, 2.45) is 17.6 Å². The zero-order valence-corrected chi connectivity index (χ0v) is 19.7. The van der Waals surface area contributed by atoms with E-state index in [-0.39, 0.29) is 42.8 Å². The average molecular weight is 443 g/mol. The van der Waals surface area contributed by atoms with E-state index in [9.17, 15) is 14.4 Å². The van der Waals surface area contributed by atoms with E-state index >= 15 is 0 Å². The van der Waals surface area contributed by atoms with E-state index < -0.39 is 5.91 Å². The van der Waals surface area contributed by atoms with Crippen molar-refractivity contribution in [3.8, 4) is 0 Å². The maximum Gasteiger partial charge on any atom is 0.239 e. The average Bonchev–Trinajstić information content (AvgIpc) is 3.55. The topological polar surface area (TPSA) is 87.0 Å². The first kappa shape index (κ1) is 24.2. The number of primary amides is 1. The van der Waals surface area contributed by atoms with Crippen molar-refractivity contribution in [3.63, 3.8) is 0 Å². The van der Waals surface area contributed by atoms with Crippen LogP contribution in [0.5, 0.6) is 0 Å². The van der Waals surface area contributed by atoms with Crippen LogP contribution in [0.4, 0.5) is 0 Å². The quantitative estimate of drug-likeness (QED) is 0.567. The summed E-state index contributed by atoms with van der Waals surface area (Å²) in [4.78, 5) is 43.6. The predicted molar refractivity (Wildman–Crippen MR) is 125 cm³/mol. The largest absolute Gasteiger partial charge is 0.368 e. The fourth-order valence-electron chi connectivity index (χ4n) is 4.62. The van der Waals surface area contributed by atoms with Crippen molar-refractivity contribution in [2.45, 2.75) is 58.5 Å². The first-order chi connectivity index (χ1) is 15.2. The van der Waals surface area contributed by atoms with Gasteiger partial charge in [0.25, 0.3) is 0 Å². The first-order valence-corrected chi connectivity index (χ1v) is 11.9. The van der Waals surface area contributed by atoms with Crippen molar-refractivity contribution >= 4 is 17.7 Å². The highest BCUT2D eigenvalue weighted by atomic mass is 16.2. The lowest BCUT2D eigenvalue weighted by Crippen LogP contribution is -2.62. The molecule has 0 bridgehead atoms. The summed E-state index contributed by atoms with van der Waals surface area (Å²) in [6.45, 7) is 8.50. The normalized spacial score (nSPS) is 21.8. The minimum atomic E-state index is -0.498. The van der Waals surface area contributed by atoms with E-state index in [0.717, 1.165) is 13.0 Å². The van der Waals surface area contributed by atoms with E-state index in [4.69, 9.17) is 5.73 Å². The molecular weight excluding hydrogens is 404 g/mol. The van der Waals surface area contributed by atoms with Gasteiger partial charge in [-0.05, 0) is 43.6 Å². The lowest BCUT2D eigenvalue weighted by molar-refractivity contribution is -0.148. The number of carbonyl (C=O) groups excluding carboxylic acids is 3. The standard InChI is InChI=1S/C25H38N4O3/c1-18(2)14-27(17-23(26)30)24(31)13-22-16-28(15-21-9-10-21)25(32)19(3)29(22)12-11-20-7-5-4-6-8-20/h4-8,18-19,21-22H,9-17H2,1-3H3,(H2,26,30). The molecule has 0 spiro atoms. The Labute approximate surface area is 191 Å². The van der Waals surface area contributed by atoms with Gasteiger partial charge in [0.05, 0.1) is 12.6 Å². The van der Waals surface area contributed by atoms with E-state index in [1.807, 2.05) is 43.9 Å². The number of rotatable bonds is 11. The van der Waals surface area contributed by atoms with Crippen molar-refractivity contribution in [3.05, 3.63) is 35.9 Å². The Balaban J connectivity index is 1.74. The Morgan fingerprint density at radius 1 is 1.19 bits per heavy atom. The van der Waals surface area contributed by atoms with Gasteiger partial charge in [0, 0.05) is 38.6 Å². The molecular formula is C25H38N4O3. The number of amides is 3. The Morgan fingerprint density at radius 2 is 1.88 bits per heavy atom. The molecule has 1 aromatic rings. The molecule has 1 aliphatic carbocycles. The number of hydrogen-bond donors (Lipinski definition) is 1. The van der Waals surface area contributed by atoms with Gasteiger partial charge in [-0.25, -0.2) is 0 Å². The van der Waals surface area contributed by atoms with Crippen LogP contribution >= 0.6 is 0 Å². The summed E-state index contributed by atoms with van der Waals surface area (Å²) >= 11 is 0. The van der Waals surface area contributed by atoms with Crippen LogP contribution in [0.3, 0.4) is 0 Å². The van der Waals surface area contributed by atoms with Gasteiger partial charge in [-0.3, -0.25) is 19.3 Å². The summed E-state index contributed by atoms with van der Waals surface area (Å²) in [6, 6.07) is 9.88. The van der Waals surface area contributed by atoms with Crippen LogP contribution in [0.2, 0.25) is 0 Å². The molecule has 32 heavy (non-hydrogen) atoms. The monoisotopic (exact) mass is 442 g/mol. The molecule has 176 valence electrons. The van der Waals surface area contributed by atoms with Gasteiger partial charge in [-0.1, -0.05) is 44.2 Å². The molecule has 0 radical (unpaired) electrons. The lowest BCUT2D eigenvalue weighted by atomic mass is 10.00. The highest BCUT2D eigenvalue weighted by Crippen LogP contribution is 2.32. The third kappa shape index (κ3) is 6.79. The van der Waals surface area contributed by atoms with Crippen LogP contribution in [-0.4, -0.2) is 77.2 Å². The van der Waals surface area contributed by atoms with Crippen molar-refractivity contribution in [1.82, 2.24) is 14.7 Å². The number of benzene rings is 1. The Bertz CT molecular complexity index is 794. The first-order valence-electron chi connectivity index (χ1n) is 11.9. The molecule has 1 aromatic carbocycles. The third-order valence-corrected chi connectivity index (χ3v) is 6.44. The van der Waals surface area contributed by atoms with Gasteiger partial charge >= 0.3 is 0 Å². The predicted octanol–water partition coefficient (Wildman–Crippen LogP) is 1.90. The zero-order valence-electron chi connectivity index (χ0n) is 19.7. The Kier molecular flexibility index (Phi) is 8.29. The summed E-state index contributed by atoms with van der Waals surface area (Å²) in [5.41, 5.74) is 6.62. The molecule has 3 amide bonds. The zero-order chi connectivity index (χ0) is 23.3. The van der Waals surface area contributed by atoms with Crippen LogP contribution < -0.4 is 5.73 Å². The molecule has 1 aliphatic heterocycles. The maximum atomic E-state index is 13.2. The Morgan fingerprint density at radius 3 is 2.47 bits per heavy atom. The van der Waals surface area contributed by atoms with Gasteiger partial charge in [0.1, 0.15) is 0 Å². The molecule has 1 saturated carbocycles. The second-order valence-electron chi connectivity index (χ2n) is 9.83. The fraction of sp³-hybridized carbons (Fsp3) is 0.640. The smallest absolute Gasteiger partial charge is 0.239 e. The van der Waals surface area contributed by atoms with E-state index in [1.54, 1.807) is 4.90 Å². The minimum Gasteiger partial charge on any atom is -0.368 e. The van der Waals surface area contributed by atoms with Gasteiger partial charge in [0.15, 0.2) is 0 Å². The molecule has 2 atom stereocenters. The van der Waals surface area contributed by atoms with Crippen molar-refractivity contribution in [1.29, 1.82) is 0 Å². The summed E-state index contributed by atoms with van der Waals surface area (Å²) in [7, 11) is 0. The molecule has 1 saturated heterocycles. The Hall–Kier alpha value is -2.41. The number of carbonyl (C=O) groups is 3. The van der Waals surface area contributed by atoms with E-state index in [0.29, 0.717) is 25.6 Å². The molecule has 0 aromatic heterocycles. The second-order valence-corrected chi connectivity index (χ2v) is 9.83. The van der Waals surface area contributed by atoms with Crippen LogP contribution in [0.15, 0.2) is 30.3 Å². The van der Waals surface area contributed by atoms with Gasteiger partial charge < -0.3 is 15.5 Å². The summed E-state index contributed by atoms with van der Waals surface area (Å²) < 4.78 is 0.